The van der Waals surface area contributed by atoms with Crippen molar-refractivity contribution in [2.45, 2.75) is 40.5 Å². The maximum Gasteiger partial charge on any atom is 0.344 e. The van der Waals surface area contributed by atoms with Crippen molar-refractivity contribution in [3.8, 4) is 6.07 Å². The lowest BCUT2D eigenvalue weighted by atomic mass is 10.1. The van der Waals surface area contributed by atoms with E-state index in [4.69, 9.17) is 18.9 Å². The summed E-state index contributed by atoms with van der Waals surface area (Å²) >= 11 is 0. The Balaban J connectivity index is 2.04. The largest absolute Gasteiger partial charge is 0.452 e. The molecule has 2 heterocycles. The van der Waals surface area contributed by atoms with Gasteiger partial charge in [0.2, 0.25) is 5.88 Å². The Hall–Kier alpha value is -3.08. The molecule has 0 atom stereocenters. The molecule has 1 amide bonds. The van der Waals surface area contributed by atoms with E-state index < -0.39 is 18.5 Å². The van der Waals surface area contributed by atoms with E-state index in [2.05, 4.69) is 10.5 Å². The number of amides is 1. The first-order valence-corrected chi connectivity index (χ1v) is 7.69. The number of hydrogen-bond donors (Lipinski definition) is 1. The number of carbonyl (C=O) groups excluding carboxylic acids is 2. The Morgan fingerprint density at radius 2 is 2.00 bits per heavy atom. The highest BCUT2D eigenvalue weighted by Gasteiger charge is 2.25. The van der Waals surface area contributed by atoms with Crippen molar-refractivity contribution >= 4 is 17.8 Å². The molecule has 2 rings (SSSR count). The van der Waals surface area contributed by atoms with Gasteiger partial charge in [-0.15, -0.1) is 0 Å². The molecule has 0 fully saturated rings. The van der Waals surface area contributed by atoms with Gasteiger partial charge in [-0.25, -0.2) is 4.79 Å². The van der Waals surface area contributed by atoms with Crippen LogP contribution in [0.1, 0.15) is 58.5 Å². The minimum atomic E-state index is -0.690. The molecule has 0 aromatic carbocycles. The summed E-state index contributed by atoms with van der Waals surface area (Å²) in [7, 11) is 0. The Kier molecular flexibility index (Phi) is 5.27. The van der Waals surface area contributed by atoms with Crippen LogP contribution in [0.4, 0.5) is 5.88 Å². The highest BCUT2D eigenvalue weighted by atomic mass is 16.5. The quantitative estimate of drug-likeness (QED) is 0.827. The summed E-state index contributed by atoms with van der Waals surface area (Å²) < 4.78 is 15.5. The zero-order chi connectivity index (χ0) is 18.7. The molecule has 0 unspecified atom stereocenters. The van der Waals surface area contributed by atoms with Gasteiger partial charge in [-0.05, 0) is 20.8 Å². The van der Waals surface area contributed by atoms with Crippen LogP contribution in [0.25, 0.3) is 0 Å². The van der Waals surface area contributed by atoms with Gasteiger partial charge in [0.05, 0.1) is 5.69 Å². The average molecular weight is 345 g/mol. The molecule has 2 aromatic rings. The second-order valence-electron chi connectivity index (χ2n) is 5.89. The summed E-state index contributed by atoms with van der Waals surface area (Å²) in [6, 6.07) is 1.97. The molecule has 2 aromatic heterocycles. The van der Waals surface area contributed by atoms with Gasteiger partial charge in [-0.2, -0.15) is 5.26 Å². The Morgan fingerprint density at radius 3 is 2.60 bits per heavy atom. The number of nitriles is 1. The van der Waals surface area contributed by atoms with Gasteiger partial charge in [0, 0.05) is 11.5 Å². The summed E-state index contributed by atoms with van der Waals surface area (Å²) in [6.45, 7) is 8.22. The van der Waals surface area contributed by atoms with E-state index in [9.17, 15) is 9.59 Å². The van der Waals surface area contributed by atoms with Gasteiger partial charge in [-0.1, -0.05) is 19.0 Å². The number of aryl methyl sites for hydroxylation is 2. The molecular weight excluding hydrogens is 326 g/mol. The summed E-state index contributed by atoms with van der Waals surface area (Å²) in [6.07, 6.45) is 0. The van der Waals surface area contributed by atoms with Gasteiger partial charge in [-0.3, -0.25) is 10.1 Å². The second-order valence-corrected chi connectivity index (χ2v) is 5.89. The maximum atomic E-state index is 12.2. The monoisotopic (exact) mass is 345 g/mol. The van der Waals surface area contributed by atoms with Crippen molar-refractivity contribution in [3.05, 3.63) is 33.9 Å². The summed E-state index contributed by atoms with van der Waals surface area (Å²) in [5.74, 6) is -0.367. The predicted molar refractivity (Wildman–Crippen MR) is 87.1 cm³/mol. The van der Waals surface area contributed by atoms with Crippen molar-refractivity contribution in [2.75, 3.05) is 11.9 Å². The number of anilines is 1. The number of nitrogens with one attached hydrogen (secondary N) is 1. The minimum Gasteiger partial charge on any atom is -0.452 e. The lowest BCUT2D eigenvalue weighted by Crippen LogP contribution is -2.21. The second kappa shape index (κ2) is 7.21. The molecule has 0 radical (unpaired) electrons. The zero-order valence-electron chi connectivity index (χ0n) is 14.7. The number of nitrogens with zero attached hydrogens (tertiary/aromatic N) is 2. The lowest BCUT2D eigenvalue weighted by molar-refractivity contribution is -0.119. The van der Waals surface area contributed by atoms with Crippen molar-refractivity contribution < 1.29 is 23.3 Å². The minimum absolute atomic E-state index is 0.0441. The van der Waals surface area contributed by atoms with E-state index in [0.29, 0.717) is 22.8 Å². The third-order valence-corrected chi connectivity index (χ3v) is 3.70. The van der Waals surface area contributed by atoms with Gasteiger partial charge in [0.25, 0.3) is 5.91 Å². The standard InChI is InChI=1S/C17H19N3O5/c1-8(2)15-14(10(4)20-25-15)17(22)23-7-13(21)19-16-12(6-18)9(3)11(5)24-16/h8H,7H2,1-5H3,(H,19,21). The van der Waals surface area contributed by atoms with E-state index in [1.165, 1.54) is 0 Å². The normalized spacial score (nSPS) is 10.6. The molecule has 0 saturated carbocycles. The first-order chi connectivity index (χ1) is 11.8. The van der Waals surface area contributed by atoms with Crippen LogP contribution in [0.2, 0.25) is 0 Å². The number of hydrogen-bond acceptors (Lipinski definition) is 7. The van der Waals surface area contributed by atoms with Crippen molar-refractivity contribution in [3.63, 3.8) is 0 Å². The van der Waals surface area contributed by atoms with Crippen molar-refractivity contribution in [1.82, 2.24) is 5.16 Å². The van der Waals surface area contributed by atoms with Crippen molar-refractivity contribution in [2.24, 2.45) is 0 Å². The van der Waals surface area contributed by atoms with Crippen LogP contribution in [-0.4, -0.2) is 23.6 Å². The van der Waals surface area contributed by atoms with E-state index in [0.717, 1.165) is 0 Å². The van der Waals surface area contributed by atoms with Gasteiger partial charge in [0.15, 0.2) is 12.4 Å². The fourth-order valence-electron chi connectivity index (χ4n) is 2.25. The molecule has 0 aliphatic carbocycles. The fourth-order valence-corrected chi connectivity index (χ4v) is 2.25. The molecule has 0 bridgehead atoms. The molecule has 0 aliphatic heterocycles. The van der Waals surface area contributed by atoms with Gasteiger partial charge >= 0.3 is 5.97 Å². The molecule has 1 N–H and O–H groups in total. The highest BCUT2D eigenvalue weighted by Crippen LogP contribution is 2.25. The van der Waals surface area contributed by atoms with Crippen LogP contribution in [0.3, 0.4) is 0 Å². The van der Waals surface area contributed by atoms with Crippen LogP contribution < -0.4 is 5.32 Å². The first-order valence-electron chi connectivity index (χ1n) is 7.69. The number of esters is 1. The molecular formula is C17H19N3O5. The van der Waals surface area contributed by atoms with E-state index in [-0.39, 0.29) is 22.9 Å². The molecule has 0 saturated heterocycles. The average Bonchev–Trinajstić information content (AvgIpc) is 3.06. The molecule has 132 valence electrons. The molecule has 25 heavy (non-hydrogen) atoms. The smallest absolute Gasteiger partial charge is 0.344 e. The summed E-state index contributed by atoms with van der Waals surface area (Å²) in [5.41, 5.74) is 1.52. The number of ether oxygens (including phenoxy) is 1. The number of carbonyl (C=O) groups is 2. The van der Waals surface area contributed by atoms with Crippen molar-refractivity contribution in [1.29, 1.82) is 5.26 Å². The molecule has 0 aliphatic rings. The molecule has 0 spiro atoms. The fraction of sp³-hybridized carbons (Fsp3) is 0.412. The third-order valence-electron chi connectivity index (χ3n) is 3.70. The van der Waals surface area contributed by atoms with E-state index in [1.54, 1.807) is 20.8 Å². The van der Waals surface area contributed by atoms with Crippen LogP contribution in [0, 0.1) is 32.1 Å². The van der Waals surface area contributed by atoms with Gasteiger partial charge in [0.1, 0.15) is 23.0 Å². The van der Waals surface area contributed by atoms with Gasteiger partial charge < -0.3 is 13.7 Å². The topological polar surface area (TPSA) is 118 Å². The Bertz CT molecular complexity index is 854. The molecule has 8 heteroatoms. The summed E-state index contributed by atoms with van der Waals surface area (Å²) in [4.78, 5) is 24.2. The predicted octanol–water partition coefficient (Wildman–Crippen LogP) is 2.98. The Labute approximate surface area is 144 Å². The van der Waals surface area contributed by atoms with Crippen LogP contribution >= 0.6 is 0 Å². The maximum absolute atomic E-state index is 12.2. The van der Waals surface area contributed by atoms with E-state index in [1.807, 2.05) is 19.9 Å². The molecule has 8 nitrogen and oxygen atoms in total. The van der Waals surface area contributed by atoms with Crippen LogP contribution in [0.15, 0.2) is 8.94 Å². The first kappa shape index (κ1) is 18.3. The highest BCUT2D eigenvalue weighted by molar-refractivity contribution is 5.96. The number of rotatable bonds is 5. The zero-order valence-corrected chi connectivity index (χ0v) is 14.7. The number of aromatic nitrogens is 1. The summed E-state index contributed by atoms with van der Waals surface area (Å²) in [5, 5.41) is 15.3. The van der Waals surface area contributed by atoms with E-state index >= 15 is 0 Å². The third kappa shape index (κ3) is 3.71. The van der Waals surface area contributed by atoms with Crippen LogP contribution in [0.5, 0.6) is 0 Å². The number of furan rings is 1. The van der Waals surface area contributed by atoms with Crippen LogP contribution in [-0.2, 0) is 9.53 Å². The lowest BCUT2D eigenvalue weighted by Gasteiger charge is -2.06. The SMILES string of the molecule is Cc1noc(C(C)C)c1C(=O)OCC(=O)Nc1oc(C)c(C)c1C#N. The Morgan fingerprint density at radius 1 is 1.32 bits per heavy atom.